The minimum Gasteiger partial charge on any atom is -0.508 e. The third kappa shape index (κ3) is 6.03. The van der Waals surface area contributed by atoms with E-state index in [1.165, 1.54) is 6.07 Å². The molecule has 1 aromatic carbocycles. The van der Waals surface area contributed by atoms with Crippen LogP contribution in [0.15, 0.2) is 22.7 Å². The molecule has 1 amide bonds. The zero-order valence-electron chi connectivity index (χ0n) is 12.0. The van der Waals surface area contributed by atoms with Crippen LogP contribution in [0.3, 0.4) is 0 Å². The molecule has 1 aromatic rings. The maximum Gasteiger partial charge on any atom is 0.408 e. The van der Waals surface area contributed by atoms with Crippen molar-refractivity contribution in [3.63, 3.8) is 0 Å². The number of halogens is 1. The number of aliphatic carboxylic acids is 1. The van der Waals surface area contributed by atoms with Crippen LogP contribution in [0.2, 0.25) is 0 Å². The Labute approximate surface area is 131 Å². The number of carboxylic acids is 1. The van der Waals surface area contributed by atoms with Crippen LogP contribution in [-0.4, -0.2) is 33.9 Å². The van der Waals surface area contributed by atoms with Gasteiger partial charge in [-0.2, -0.15) is 0 Å². The van der Waals surface area contributed by atoms with E-state index in [0.717, 1.165) is 0 Å². The number of ether oxygens (including phenoxy) is 1. The zero-order valence-corrected chi connectivity index (χ0v) is 13.6. The molecule has 1 unspecified atom stereocenters. The van der Waals surface area contributed by atoms with Gasteiger partial charge in [0.2, 0.25) is 0 Å². The van der Waals surface area contributed by atoms with E-state index < -0.39 is 23.7 Å². The summed E-state index contributed by atoms with van der Waals surface area (Å²) in [5.41, 5.74) is -0.307. The predicted octanol–water partition coefficient (Wildman–Crippen LogP) is 2.68. The number of phenolic OH excluding ortho intramolecular Hbond substituents is 1. The van der Waals surface area contributed by atoms with Gasteiger partial charge in [-0.3, -0.25) is 0 Å². The molecule has 116 valence electrons. The monoisotopic (exact) mass is 359 g/mol. The molecule has 1 atom stereocenters. The Morgan fingerprint density at radius 1 is 1.38 bits per heavy atom. The normalized spacial score (nSPS) is 12.6. The molecule has 0 bridgehead atoms. The van der Waals surface area contributed by atoms with E-state index in [0.29, 0.717) is 10.0 Å². The number of alkyl carbamates (subject to hydrolysis) is 1. The number of amides is 1. The number of phenols is 1. The lowest BCUT2D eigenvalue weighted by Gasteiger charge is -2.22. The smallest absolute Gasteiger partial charge is 0.408 e. The SMILES string of the molecule is CC(C)(C)OC(=O)NC(Cc1cc(Br)ccc1O)C(=O)O. The molecule has 21 heavy (non-hydrogen) atoms. The van der Waals surface area contributed by atoms with Crippen molar-refractivity contribution >= 4 is 28.0 Å². The van der Waals surface area contributed by atoms with Gasteiger partial charge in [0.1, 0.15) is 17.4 Å². The molecule has 6 nitrogen and oxygen atoms in total. The van der Waals surface area contributed by atoms with Crippen molar-refractivity contribution in [2.75, 3.05) is 0 Å². The van der Waals surface area contributed by atoms with Gasteiger partial charge in [0.15, 0.2) is 0 Å². The van der Waals surface area contributed by atoms with Crippen LogP contribution in [0.4, 0.5) is 4.79 Å². The summed E-state index contributed by atoms with van der Waals surface area (Å²) in [6.45, 7) is 5.05. The first-order valence-electron chi connectivity index (χ1n) is 6.28. The largest absolute Gasteiger partial charge is 0.508 e. The first-order valence-corrected chi connectivity index (χ1v) is 7.07. The summed E-state index contributed by atoms with van der Waals surface area (Å²) in [5.74, 6) is -1.24. The maximum absolute atomic E-state index is 11.6. The maximum atomic E-state index is 11.6. The van der Waals surface area contributed by atoms with Gasteiger partial charge in [0, 0.05) is 10.9 Å². The summed E-state index contributed by atoms with van der Waals surface area (Å²) in [6, 6.07) is 3.49. The highest BCUT2D eigenvalue weighted by molar-refractivity contribution is 9.10. The first kappa shape index (κ1) is 17.3. The second-order valence-corrected chi connectivity index (χ2v) is 6.43. The van der Waals surface area contributed by atoms with Gasteiger partial charge in [-0.25, -0.2) is 9.59 Å². The van der Waals surface area contributed by atoms with Crippen molar-refractivity contribution < 1.29 is 24.5 Å². The van der Waals surface area contributed by atoms with E-state index >= 15 is 0 Å². The van der Waals surface area contributed by atoms with Crippen LogP contribution in [0.5, 0.6) is 5.75 Å². The minimum atomic E-state index is -1.21. The Hall–Kier alpha value is -1.76. The molecule has 0 aliphatic heterocycles. The summed E-state index contributed by atoms with van der Waals surface area (Å²) in [7, 11) is 0. The molecule has 0 heterocycles. The van der Waals surface area contributed by atoms with Crippen molar-refractivity contribution in [3.8, 4) is 5.75 Å². The lowest BCUT2D eigenvalue weighted by atomic mass is 10.1. The fourth-order valence-corrected chi connectivity index (χ4v) is 2.00. The number of carbonyl (C=O) groups excluding carboxylic acids is 1. The Balaban J connectivity index is 2.81. The molecule has 1 rings (SSSR count). The Morgan fingerprint density at radius 3 is 2.52 bits per heavy atom. The predicted molar refractivity (Wildman–Crippen MR) is 80.3 cm³/mol. The summed E-state index contributed by atoms with van der Waals surface area (Å²) in [5, 5.41) is 21.2. The number of nitrogens with one attached hydrogen (secondary N) is 1. The molecule has 0 spiro atoms. The Bertz CT molecular complexity index is 539. The highest BCUT2D eigenvalue weighted by Gasteiger charge is 2.25. The molecule has 3 N–H and O–H groups in total. The minimum absolute atomic E-state index is 0.0320. The van der Waals surface area contributed by atoms with Crippen LogP contribution in [0.1, 0.15) is 26.3 Å². The second-order valence-electron chi connectivity index (χ2n) is 5.51. The van der Waals surface area contributed by atoms with Crippen molar-refractivity contribution in [2.24, 2.45) is 0 Å². The van der Waals surface area contributed by atoms with E-state index in [1.807, 2.05) is 0 Å². The summed E-state index contributed by atoms with van der Waals surface area (Å²) < 4.78 is 5.73. The van der Waals surface area contributed by atoms with E-state index in [1.54, 1.807) is 32.9 Å². The average molecular weight is 360 g/mol. The van der Waals surface area contributed by atoms with E-state index in [2.05, 4.69) is 21.2 Å². The third-order valence-electron chi connectivity index (χ3n) is 2.45. The number of carbonyl (C=O) groups is 2. The van der Waals surface area contributed by atoms with Gasteiger partial charge in [-0.15, -0.1) is 0 Å². The van der Waals surface area contributed by atoms with Crippen molar-refractivity contribution in [2.45, 2.75) is 38.8 Å². The average Bonchev–Trinajstić information content (AvgIpc) is 2.30. The van der Waals surface area contributed by atoms with E-state index in [4.69, 9.17) is 4.74 Å². The molecule has 0 fully saturated rings. The van der Waals surface area contributed by atoms with Crippen LogP contribution < -0.4 is 5.32 Å². The summed E-state index contributed by atoms with van der Waals surface area (Å²) in [6.07, 6.45) is -0.871. The van der Waals surface area contributed by atoms with Crippen LogP contribution in [0.25, 0.3) is 0 Å². The van der Waals surface area contributed by atoms with Gasteiger partial charge < -0.3 is 20.3 Å². The van der Waals surface area contributed by atoms with Gasteiger partial charge >= 0.3 is 12.1 Å². The third-order valence-corrected chi connectivity index (χ3v) is 2.95. The lowest BCUT2D eigenvalue weighted by molar-refractivity contribution is -0.139. The van der Waals surface area contributed by atoms with Gasteiger partial charge in [0.05, 0.1) is 0 Å². The molecule has 0 aromatic heterocycles. The Kier molecular flexibility index (Phi) is 5.60. The fraction of sp³-hybridized carbons (Fsp3) is 0.429. The van der Waals surface area contributed by atoms with Crippen molar-refractivity contribution in [1.82, 2.24) is 5.32 Å². The Morgan fingerprint density at radius 2 is 2.00 bits per heavy atom. The number of aromatic hydroxyl groups is 1. The molecule has 0 saturated heterocycles. The zero-order chi connectivity index (χ0) is 16.2. The fourth-order valence-electron chi connectivity index (χ4n) is 1.59. The molecule has 0 radical (unpaired) electrons. The second kappa shape index (κ2) is 6.80. The quantitative estimate of drug-likeness (QED) is 0.767. The molecular formula is C14H18BrNO5. The standard InChI is InChI=1S/C14H18BrNO5/c1-14(2,3)21-13(20)16-10(12(18)19)7-8-6-9(15)4-5-11(8)17/h4-6,10,17H,7H2,1-3H3,(H,16,20)(H,18,19). The first-order chi connectivity index (χ1) is 9.58. The van der Waals surface area contributed by atoms with Crippen molar-refractivity contribution in [3.05, 3.63) is 28.2 Å². The summed E-state index contributed by atoms with van der Waals surface area (Å²) >= 11 is 3.24. The van der Waals surface area contributed by atoms with Gasteiger partial charge in [-0.05, 0) is 44.5 Å². The molecular weight excluding hydrogens is 342 g/mol. The number of benzene rings is 1. The van der Waals surface area contributed by atoms with Crippen molar-refractivity contribution in [1.29, 1.82) is 0 Å². The molecule has 0 aliphatic rings. The summed E-state index contributed by atoms with van der Waals surface area (Å²) in [4.78, 5) is 22.9. The van der Waals surface area contributed by atoms with Crippen LogP contribution in [-0.2, 0) is 16.0 Å². The molecule has 7 heteroatoms. The number of hydrogen-bond donors (Lipinski definition) is 3. The number of hydrogen-bond acceptors (Lipinski definition) is 4. The van der Waals surface area contributed by atoms with Gasteiger partial charge in [-0.1, -0.05) is 15.9 Å². The highest BCUT2D eigenvalue weighted by Crippen LogP contribution is 2.23. The van der Waals surface area contributed by atoms with E-state index in [9.17, 15) is 19.8 Å². The lowest BCUT2D eigenvalue weighted by Crippen LogP contribution is -2.44. The molecule has 0 aliphatic carbocycles. The van der Waals surface area contributed by atoms with Gasteiger partial charge in [0.25, 0.3) is 0 Å². The molecule has 0 saturated carbocycles. The van der Waals surface area contributed by atoms with E-state index in [-0.39, 0.29) is 12.2 Å². The number of rotatable bonds is 4. The number of carboxylic acid groups (broad SMARTS) is 1. The topological polar surface area (TPSA) is 95.9 Å². The highest BCUT2D eigenvalue weighted by atomic mass is 79.9. The van der Waals surface area contributed by atoms with Crippen LogP contribution >= 0.6 is 15.9 Å². The van der Waals surface area contributed by atoms with Crippen LogP contribution in [0, 0.1) is 0 Å².